The van der Waals surface area contributed by atoms with Gasteiger partial charge in [0.2, 0.25) is 0 Å². The summed E-state index contributed by atoms with van der Waals surface area (Å²) in [5, 5.41) is 0.684. The second-order valence-corrected chi connectivity index (χ2v) is 7.40. The van der Waals surface area contributed by atoms with Gasteiger partial charge in [-0.3, -0.25) is 0 Å². The molecule has 0 N–H and O–H groups in total. The highest BCUT2D eigenvalue weighted by Crippen LogP contribution is 2.42. The molecule has 98 valence electrons. The zero-order valence-corrected chi connectivity index (χ0v) is 12.9. The van der Waals surface area contributed by atoms with E-state index in [4.69, 9.17) is 7.85 Å². The van der Waals surface area contributed by atoms with Crippen LogP contribution in [-0.2, 0) is 0 Å². The molecule has 0 aliphatic heterocycles. The average Bonchev–Trinajstić information content (AvgIpc) is 2.34. The molecule has 0 saturated heterocycles. The largest absolute Gasteiger partial charge is 0.119 e. The maximum absolute atomic E-state index is 6.15. The number of hydrogen-bond donors (Lipinski definition) is 0. The van der Waals surface area contributed by atoms with Gasteiger partial charge in [-0.15, -0.1) is 8.58 Å². The Bertz CT molecular complexity index is 189. The van der Waals surface area contributed by atoms with Gasteiger partial charge in [0, 0.05) is 0 Å². The first kappa shape index (κ1) is 15.6. The number of hydrogen-bond acceptors (Lipinski definition) is 0. The van der Waals surface area contributed by atoms with Gasteiger partial charge in [0.25, 0.3) is 0 Å². The van der Waals surface area contributed by atoms with E-state index in [0.29, 0.717) is 11.0 Å². The Labute approximate surface area is 112 Å². The molecule has 0 nitrogen and oxygen atoms in total. The molecular formula is C15H30BP. The molecule has 1 rings (SSSR count). The lowest BCUT2D eigenvalue weighted by Gasteiger charge is -2.32. The van der Waals surface area contributed by atoms with E-state index in [1.807, 2.05) is 0 Å². The zero-order chi connectivity index (χ0) is 12.6. The predicted molar refractivity (Wildman–Crippen MR) is 82.9 cm³/mol. The van der Waals surface area contributed by atoms with Crippen molar-refractivity contribution in [3.8, 4) is 0 Å². The maximum Gasteiger partial charge on any atom is 0.0699 e. The van der Waals surface area contributed by atoms with Gasteiger partial charge < -0.3 is 0 Å². The van der Waals surface area contributed by atoms with Crippen molar-refractivity contribution in [2.75, 3.05) is 6.66 Å². The summed E-state index contributed by atoms with van der Waals surface area (Å²) < 4.78 is 0. The SMILES string of the molecule is [B]C1CCCCCCC(CC)(PC)CCCC1. The molecule has 0 heterocycles. The second-order valence-electron chi connectivity index (χ2n) is 5.84. The topological polar surface area (TPSA) is 0 Å². The molecule has 2 radical (unpaired) electrons. The van der Waals surface area contributed by atoms with E-state index in [2.05, 4.69) is 13.6 Å². The third kappa shape index (κ3) is 5.78. The summed E-state index contributed by atoms with van der Waals surface area (Å²) in [6.45, 7) is 4.81. The van der Waals surface area contributed by atoms with Crippen molar-refractivity contribution in [3.63, 3.8) is 0 Å². The summed E-state index contributed by atoms with van der Waals surface area (Å²) in [7, 11) is 7.27. The highest BCUT2D eigenvalue weighted by molar-refractivity contribution is 7.39. The van der Waals surface area contributed by atoms with Crippen LogP contribution in [0.15, 0.2) is 0 Å². The number of rotatable bonds is 2. The van der Waals surface area contributed by atoms with Gasteiger partial charge in [-0.05, 0) is 31.1 Å². The first-order valence-corrected chi connectivity index (χ1v) is 9.17. The highest BCUT2D eigenvalue weighted by atomic mass is 31.1. The maximum atomic E-state index is 6.15. The third-order valence-corrected chi connectivity index (χ3v) is 6.58. The summed E-state index contributed by atoms with van der Waals surface area (Å²) in [5.74, 6) is 0.481. The van der Waals surface area contributed by atoms with Crippen molar-refractivity contribution < 1.29 is 0 Å². The minimum absolute atomic E-state index is 0.481. The Morgan fingerprint density at radius 2 is 1.53 bits per heavy atom. The lowest BCUT2D eigenvalue weighted by Crippen LogP contribution is -2.22. The fourth-order valence-corrected chi connectivity index (χ4v) is 4.35. The average molecular weight is 252 g/mol. The van der Waals surface area contributed by atoms with Gasteiger partial charge in [-0.25, -0.2) is 0 Å². The van der Waals surface area contributed by atoms with Crippen molar-refractivity contribution in [1.82, 2.24) is 0 Å². The van der Waals surface area contributed by atoms with Gasteiger partial charge in [-0.1, -0.05) is 64.1 Å². The van der Waals surface area contributed by atoms with Crippen LogP contribution in [0.5, 0.6) is 0 Å². The van der Waals surface area contributed by atoms with Crippen molar-refractivity contribution in [2.45, 2.75) is 88.5 Å². The van der Waals surface area contributed by atoms with Crippen LogP contribution in [0.4, 0.5) is 0 Å². The normalized spacial score (nSPS) is 34.4. The van der Waals surface area contributed by atoms with E-state index in [1.165, 1.54) is 70.6 Å². The molecule has 1 fully saturated rings. The van der Waals surface area contributed by atoms with E-state index in [-0.39, 0.29) is 0 Å². The zero-order valence-electron chi connectivity index (χ0n) is 11.9. The molecule has 3 atom stereocenters. The Balaban J connectivity index is 2.46. The van der Waals surface area contributed by atoms with Crippen LogP contribution >= 0.6 is 8.58 Å². The molecule has 1 aliphatic rings. The van der Waals surface area contributed by atoms with E-state index < -0.39 is 0 Å². The van der Waals surface area contributed by atoms with Crippen LogP contribution < -0.4 is 0 Å². The highest BCUT2D eigenvalue weighted by Gasteiger charge is 2.25. The molecule has 0 spiro atoms. The van der Waals surface area contributed by atoms with Gasteiger partial charge in [0.05, 0.1) is 7.85 Å². The second kappa shape index (κ2) is 8.57. The van der Waals surface area contributed by atoms with E-state index >= 15 is 0 Å². The molecule has 0 amide bonds. The van der Waals surface area contributed by atoms with Crippen LogP contribution in [0.3, 0.4) is 0 Å². The standard InChI is InChI=1S/C15H30BP/c1-3-15(17-2)12-8-5-4-6-10-14(16)11-7-9-13-15/h14,17H,3-13H2,1-2H3. The lowest BCUT2D eigenvalue weighted by molar-refractivity contribution is 0.418. The first-order chi connectivity index (χ1) is 8.22. The van der Waals surface area contributed by atoms with Gasteiger partial charge in [0.15, 0.2) is 0 Å². The van der Waals surface area contributed by atoms with E-state index in [0.717, 1.165) is 8.58 Å². The quantitative estimate of drug-likeness (QED) is 0.461. The molecule has 0 aromatic rings. The molecule has 3 unspecified atom stereocenters. The summed E-state index contributed by atoms with van der Waals surface area (Å²) in [6, 6.07) is 0. The van der Waals surface area contributed by atoms with Crippen LogP contribution in [-0.4, -0.2) is 19.7 Å². The minimum atomic E-state index is 0.481. The molecule has 1 saturated carbocycles. The van der Waals surface area contributed by atoms with Crippen molar-refractivity contribution in [2.24, 2.45) is 0 Å². The molecule has 0 aromatic heterocycles. The molecule has 0 bridgehead atoms. The molecular weight excluding hydrogens is 222 g/mol. The van der Waals surface area contributed by atoms with Crippen molar-refractivity contribution >= 4 is 16.4 Å². The van der Waals surface area contributed by atoms with Gasteiger partial charge in [-0.2, -0.15) is 0 Å². The van der Waals surface area contributed by atoms with Crippen molar-refractivity contribution in [3.05, 3.63) is 0 Å². The Kier molecular flexibility index (Phi) is 7.84. The Morgan fingerprint density at radius 1 is 1.00 bits per heavy atom. The fourth-order valence-electron chi connectivity index (χ4n) is 3.14. The van der Waals surface area contributed by atoms with Crippen LogP contribution in [0.2, 0.25) is 5.82 Å². The predicted octanol–water partition coefficient (Wildman–Crippen LogP) is 5.32. The minimum Gasteiger partial charge on any atom is -0.119 e. The van der Waals surface area contributed by atoms with Crippen LogP contribution in [0, 0.1) is 0 Å². The summed E-state index contributed by atoms with van der Waals surface area (Å²) in [4.78, 5) is 0. The van der Waals surface area contributed by atoms with Gasteiger partial charge in [0.1, 0.15) is 0 Å². The van der Waals surface area contributed by atoms with E-state index in [9.17, 15) is 0 Å². The summed E-state index contributed by atoms with van der Waals surface area (Å²) in [6.07, 6.45) is 15.2. The Hall–Kier alpha value is 0.495. The smallest absolute Gasteiger partial charge is 0.0699 e. The van der Waals surface area contributed by atoms with Crippen molar-refractivity contribution in [1.29, 1.82) is 0 Å². The monoisotopic (exact) mass is 252 g/mol. The summed E-state index contributed by atoms with van der Waals surface area (Å²) in [5.41, 5.74) is 0. The van der Waals surface area contributed by atoms with E-state index in [1.54, 1.807) is 0 Å². The first-order valence-electron chi connectivity index (χ1n) is 7.67. The molecule has 17 heavy (non-hydrogen) atoms. The fraction of sp³-hybridized carbons (Fsp3) is 1.00. The summed E-state index contributed by atoms with van der Waals surface area (Å²) >= 11 is 0. The molecule has 2 heteroatoms. The third-order valence-electron chi connectivity index (χ3n) is 4.67. The van der Waals surface area contributed by atoms with Crippen LogP contribution in [0.1, 0.15) is 77.6 Å². The molecule has 1 aliphatic carbocycles. The lowest BCUT2D eigenvalue weighted by atomic mass is 9.78. The Morgan fingerprint density at radius 3 is 2.12 bits per heavy atom. The van der Waals surface area contributed by atoms with Gasteiger partial charge >= 0.3 is 0 Å². The molecule has 0 aromatic carbocycles. The van der Waals surface area contributed by atoms with Crippen LogP contribution in [0.25, 0.3) is 0 Å².